The highest BCUT2D eigenvalue weighted by atomic mass is 16.5. The summed E-state index contributed by atoms with van der Waals surface area (Å²) in [6, 6.07) is 17.7. The second-order valence-electron chi connectivity index (χ2n) is 6.21. The second-order valence-corrected chi connectivity index (χ2v) is 6.21. The number of methoxy groups -OCH3 is 1. The third-order valence-corrected chi connectivity index (χ3v) is 3.77. The molecule has 0 radical (unpaired) electrons. The summed E-state index contributed by atoms with van der Waals surface area (Å²) in [5.41, 5.74) is 2.10. The number of carbonyl (C=O) groups excluding carboxylic acids is 1. The van der Waals surface area contributed by atoms with Gasteiger partial charge in [-0.05, 0) is 41.7 Å². The minimum absolute atomic E-state index is 0.0103. The topological polar surface area (TPSA) is 38.3 Å². The Bertz CT molecular complexity index is 660. The Morgan fingerprint density at radius 3 is 2.33 bits per heavy atom. The maximum atomic E-state index is 12.3. The molecule has 1 N–H and O–H groups in total. The molecule has 0 heterocycles. The van der Waals surface area contributed by atoms with Gasteiger partial charge in [0.15, 0.2) is 0 Å². The molecule has 0 aromatic heterocycles. The van der Waals surface area contributed by atoms with Gasteiger partial charge in [0.1, 0.15) is 5.75 Å². The molecule has 3 nitrogen and oxygen atoms in total. The fourth-order valence-corrected chi connectivity index (χ4v) is 2.54. The molecule has 2 aromatic rings. The quantitative estimate of drug-likeness (QED) is 0.756. The minimum atomic E-state index is -0.0830. The lowest BCUT2D eigenvalue weighted by Gasteiger charge is -2.20. The average Bonchev–Trinajstić information content (AvgIpc) is 2.60. The highest BCUT2D eigenvalue weighted by Gasteiger charge is 2.15. The summed E-state index contributed by atoms with van der Waals surface area (Å²) < 4.78 is 5.20. The Balaban J connectivity index is 2.07. The summed E-state index contributed by atoms with van der Waals surface area (Å²) in [5.74, 6) is 1.22. The van der Waals surface area contributed by atoms with E-state index in [0.29, 0.717) is 5.92 Å². The maximum Gasteiger partial charge on any atom is 0.244 e. The zero-order valence-corrected chi connectivity index (χ0v) is 14.5. The van der Waals surface area contributed by atoms with Crippen LogP contribution in [0.2, 0.25) is 0 Å². The van der Waals surface area contributed by atoms with Crippen LogP contribution in [0.1, 0.15) is 37.4 Å². The molecular formula is C21H25NO2. The fraction of sp³-hybridized carbons (Fsp3) is 0.286. The molecule has 24 heavy (non-hydrogen) atoms. The van der Waals surface area contributed by atoms with Crippen LogP contribution in [-0.2, 0) is 4.79 Å². The number of ether oxygens (including phenoxy) is 1. The van der Waals surface area contributed by atoms with Crippen molar-refractivity contribution in [2.75, 3.05) is 7.11 Å². The van der Waals surface area contributed by atoms with Crippen LogP contribution in [0.4, 0.5) is 0 Å². The van der Waals surface area contributed by atoms with Crippen LogP contribution < -0.4 is 10.1 Å². The summed E-state index contributed by atoms with van der Waals surface area (Å²) in [5, 5.41) is 3.11. The SMILES string of the molecule is COc1ccc([C@@H](CC(C)C)NC(=O)/C=C/c2ccccc2)cc1. The van der Waals surface area contributed by atoms with Crippen molar-refractivity contribution in [3.63, 3.8) is 0 Å². The first-order valence-corrected chi connectivity index (χ1v) is 8.26. The lowest BCUT2D eigenvalue weighted by Crippen LogP contribution is -2.27. The van der Waals surface area contributed by atoms with Crippen LogP contribution in [0, 0.1) is 5.92 Å². The van der Waals surface area contributed by atoms with E-state index >= 15 is 0 Å². The van der Waals surface area contributed by atoms with Crippen molar-refractivity contribution in [1.82, 2.24) is 5.32 Å². The van der Waals surface area contributed by atoms with Gasteiger partial charge in [-0.3, -0.25) is 4.79 Å². The van der Waals surface area contributed by atoms with E-state index in [1.807, 2.05) is 60.7 Å². The number of nitrogens with one attached hydrogen (secondary N) is 1. The minimum Gasteiger partial charge on any atom is -0.497 e. The highest BCUT2D eigenvalue weighted by molar-refractivity contribution is 5.92. The van der Waals surface area contributed by atoms with E-state index in [4.69, 9.17) is 4.74 Å². The van der Waals surface area contributed by atoms with Crippen molar-refractivity contribution in [2.24, 2.45) is 5.92 Å². The van der Waals surface area contributed by atoms with Crippen LogP contribution in [0.25, 0.3) is 6.08 Å². The predicted molar refractivity (Wildman–Crippen MR) is 98.8 cm³/mol. The van der Waals surface area contributed by atoms with Crippen LogP contribution >= 0.6 is 0 Å². The van der Waals surface area contributed by atoms with E-state index in [1.165, 1.54) is 0 Å². The van der Waals surface area contributed by atoms with Gasteiger partial charge in [-0.15, -0.1) is 0 Å². The first kappa shape index (κ1) is 17.8. The first-order chi connectivity index (χ1) is 11.6. The molecule has 0 spiro atoms. The van der Waals surface area contributed by atoms with Crippen LogP contribution in [-0.4, -0.2) is 13.0 Å². The van der Waals surface area contributed by atoms with Gasteiger partial charge in [0.05, 0.1) is 13.2 Å². The number of carbonyl (C=O) groups is 1. The van der Waals surface area contributed by atoms with Crippen molar-refractivity contribution < 1.29 is 9.53 Å². The van der Waals surface area contributed by atoms with Crippen LogP contribution in [0.15, 0.2) is 60.7 Å². The van der Waals surface area contributed by atoms with Gasteiger partial charge in [0.2, 0.25) is 5.91 Å². The third kappa shape index (κ3) is 5.58. The van der Waals surface area contributed by atoms with Crippen molar-refractivity contribution in [1.29, 1.82) is 0 Å². The van der Waals surface area contributed by atoms with E-state index in [2.05, 4.69) is 19.2 Å². The largest absolute Gasteiger partial charge is 0.497 e. The van der Waals surface area contributed by atoms with Crippen molar-refractivity contribution >= 4 is 12.0 Å². The predicted octanol–water partition coefficient (Wildman–Crippen LogP) is 4.61. The molecule has 0 aliphatic carbocycles. The lowest BCUT2D eigenvalue weighted by atomic mass is 9.97. The molecule has 2 aromatic carbocycles. The van der Waals surface area contributed by atoms with E-state index in [9.17, 15) is 4.79 Å². The van der Waals surface area contributed by atoms with E-state index in [0.717, 1.165) is 23.3 Å². The summed E-state index contributed by atoms with van der Waals surface area (Å²) in [7, 11) is 1.65. The molecule has 0 fully saturated rings. The Kier molecular flexibility index (Phi) is 6.62. The molecule has 1 atom stereocenters. The smallest absolute Gasteiger partial charge is 0.244 e. The molecule has 0 unspecified atom stereocenters. The van der Waals surface area contributed by atoms with Crippen molar-refractivity contribution in [2.45, 2.75) is 26.3 Å². The van der Waals surface area contributed by atoms with E-state index in [-0.39, 0.29) is 11.9 Å². The lowest BCUT2D eigenvalue weighted by molar-refractivity contribution is -0.117. The Morgan fingerprint density at radius 1 is 1.08 bits per heavy atom. The Labute approximate surface area is 144 Å². The van der Waals surface area contributed by atoms with E-state index < -0.39 is 0 Å². The Morgan fingerprint density at radius 2 is 1.75 bits per heavy atom. The molecule has 2 rings (SSSR count). The van der Waals surface area contributed by atoms with Crippen molar-refractivity contribution in [3.05, 3.63) is 71.8 Å². The van der Waals surface area contributed by atoms with Gasteiger partial charge in [-0.1, -0.05) is 56.3 Å². The normalized spacial score (nSPS) is 12.3. The summed E-state index contributed by atoms with van der Waals surface area (Å²) in [6.45, 7) is 4.31. The first-order valence-electron chi connectivity index (χ1n) is 8.26. The van der Waals surface area contributed by atoms with Gasteiger partial charge in [0.25, 0.3) is 0 Å². The fourth-order valence-electron chi connectivity index (χ4n) is 2.54. The number of amides is 1. The van der Waals surface area contributed by atoms with Gasteiger partial charge in [-0.25, -0.2) is 0 Å². The molecule has 3 heteroatoms. The zero-order chi connectivity index (χ0) is 17.4. The molecular weight excluding hydrogens is 298 g/mol. The van der Waals surface area contributed by atoms with Crippen LogP contribution in [0.5, 0.6) is 5.75 Å². The molecule has 0 bridgehead atoms. The van der Waals surface area contributed by atoms with Gasteiger partial charge >= 0.3 is 0 Å². The summed E-state index contributed by atoms with van der Waals surface area (Å²) in [4.78, 5) is 12.3. The molecule has 0 saturated carbocycles. The molecule has 0 saturated heterocycles. The number of hydrogen-bond acceptors (Lipinski definition) is 2. The third-order valence-electron chi connectivity index (χ3n) is 3.77. The molecule has 1 amide bonds. The Hall–Kier alpha value is -2.55. The van der Waals surface area contributed by atoms with Gasteiger partial charge in [0, 0.05) is 6.08 Å². The van der Waals surface area contributed by atoms with Crippen molar-refractivity contribution in [3.8, 4) is 5.75 Å². The van der Waals surface area contributed by atoms with Crippen LogP contribution in [0.3, 0.4) is 0 Å². The number of benzene rings is 2. The monoisotopic (exact) mass is 323 g/mol. The zero-order valence-electron chi connectivity index (χ0n) is 14.5. The number of rotatable bonds is 7. The molecule has 0 aliphatic rings. The number of hydrogen-bond donors (Lipinski definition) is 1. The summed E-state index contributed by atoms with van der Waals surface area (Å²) >= 11 is 0. The highest BCUT2D eigenvalue weighted by Crippen LogP contribution is 2.23. The molecule has 126 valence electrons. The van der Waals surface area contributed by atoms with E-state index in [1.54, 1.807) is 13.2 Å². The van der Waals surface area contributed by atoms with Gasteiger partial charge in [-0.2, -0.15) is 0 Å². The standard InChI is InChI=1S/C21H25NO2/c1-16(2)15-20(18-10-12-19(24-3)13-11-18)22-21(23)14-9-17-7-5-4-6-8-17/h4-14,16,20H,15H2,1-3H3,(H,22,23)/b14-9+/t20-/m1/s1. The second kappa shape index (κ2) is 8.92. The average molecular weight is 323 g/mol. The van der Waals surface area contributed by atoms with Gasteiger partial charge < -0.3 is 10.1 Å². The summed E-state index contributed by atoms with van der Waals surface area (Å²) in [6.07, 6.45) is 4.30. The molecule has 0 aliphatic heterocycles. The maximum absolute atomic E-state index is 12.3.